The highest BCUT2D eigenvalue weighted by molar-refractivity contribution is 7.17. The molecule has 1 saturated heterocycles. The molecule has 0 radical (unpaired) electrons. The first-order chi connectivity index (χ1) is 8.38. The van der Waals surface area contributed by atoms with Crippen LogP contribution in [0, 0.1) is 5.92 Å². The zero-order valence-corrected chi connectivity index (χ0v) is 10.6. The van der Waals surface area contributed by atoms with Crippen LogP contribution in [0.25, 0.3) is 0 Å². The smallest absolute Gasteiger partial charge is 0.336 e. The molecule has 4 nitrogen and oxygen atoms in total. The fourth-order valence-corrected chi connectivity index (χ4v) is 2.63. The minimum absolute atomic E-state index is 0.0677. The normalized spacial score (nSPS) is 18.1. The van der Waals surface area contributed by atoms with Crippen molar-refractivity contribution in [2.24, 2.45) is 5.92 Å². The molecule has 1 aliphatic rings. The molecule has 0 bridgehead atoms. The van der Waals surface area contributed by atoms with Gasteiger partial charge in [-0.3, -0.25) is 4.79 Å². The minimum atomic E-state index is -4.18. The Kier molecular flexibility index (Phi) is 3.76. The van der Waals surface area contributed by atoms with Gasteiger partial charge >= 0.3 is 6.18 Å². The number of likely N-dealkylation sites (tertiary alicyclic amines) is 1. The molecule has 0 N–H and O–H groups in total. The number of carbonyl (C=O) groups is 1. The van der Waals surface area contributed by atoms with Crippen molar-refractivity contribution in [1.82, 2.24) is 15.1 Å². The standard InChI is InChI=1S/C9H9ClF3N3OS/c10-8-15-14-6(18-8)7(17)16-3-1-5(2-4-16)9(11,12)13/h5H,1-4H2. The van der Waals surface area contributed by atoms with Crippen LogP contribution in [-0.2, 0) is 0 Å². The van der Waals surface area contributed by atoms with Gasteiger partial charge in [0.2, 0.25) is 9.47 Å². The van der Waals surface area contributed by atoms with E-state index >= 15 is 0 Å². The Morgan fingerprint density at radius 2 is 1.94 bits per heavy atom. The van der Waals surface area contributed by atoms with Crippen molar-refractivity contribution < 1.29 is 18.0 Å². The third-order valence-electron chi connectivity index (χ3n) is 2.83. The van der Waals surface area contributed by atoms with Gasteiger partial charge in [-0.2, -0.15) is 13.2 Å². The third-order valence-corrected chi connectivity index (χ3v) is 3.84. The van der Waals surface area contributed by atoms with Gasteiger partial charge in [-0.05, 0) is 24.4 Å². The van der Waals surface area contributed by atoms with E-state index in [4.69, 9.17) is 11.6 Å². The number of aromatic nitrogens is 2. The highest BCUT2D eigenvalue weighted by atomic mass is 35.5. The number of hydrogen-bond donors (Lipinski definition) is 0. The fourth-order valence-electron chi connectivity index (χ4n) is 1.84. The van der Waals surface area contributed by atoms with Crippen LogP contribution in [0.2, 0.25) is 4.47 Å². The summed E-state index contributed by atoms with van der Waals surface area (Å²) >= 11 is 6.48. The van der Waals surface area contributed by atoms with E-state index in [0.717, 1.165) is 11.3 Å². The maximum Gasteiger partial charge on any atom is 0.391 e. The van der Waals surface area contributed by atoms with Crippen molar-refractivity contribution in [2.45, 2.75) is 19.0 Å². The van der Waals surface area contributed by atoms with Gasteiger partial charge in [-0.25, -0.2) is 0 Å². The average Bonchev–Trinajstić information content (AvgIpc) is 2.74. The Hall–Kier alpha value is -0.890. The van der Waals surface area contributed by atoms with Crippen molar-refractivity contribution in [3.63, 3.8) is 0 Å². The second-order valence-electron chi connectivity index (χ2n) is 3.97. The van der Waals surface area contributed by atoms with Crippen LogP contribution in [0.4, 0.5) is 13.2 Å². The lowest BCUT2D eigenvalue weighted by atomic mass is 9.96. The van der Waals surface area contributed by atoms with E-state index in [1.54, 1.807) is 0 Å². The molecule has 100 valence electrons. The Labute approximate surface area is 110 Å². The summed E-state index contributed by atoms with van der Waals surface area (Å²) in [6.45, 7) is 0.167. The quantitative estimate of drug-likeness (QED) is 0.801. The lowest BCUT2D eigenvalue weighted by molar-refractivity contribution is -0.183. The van der Waals surface area contributed by atoms with Gasteiger partial charge in [-0.1, -0.05) is 11.3 Å². The number of rotatable bonds is 1. The van der Waals surface area contributed by atoms with Gasteiger partial charge in [0.05, 0.1) is 5.92 Å². The lowest BCUT2D eigenvalue weighted by Gasteiger charge is -2.32. The first-order valence-corrected chi connectivity index (χ1v) is 6.42. The monoisotopic (exact) mass is 299 g/mol. The molecule has 0 atom stereocenters. The maximum absolute atomic E-state index is 12.5. The van der Waals surface area contributed by atoms with Gasteiger partial charge in [-0.15, -0.1) is 10.2 Å². The summed E-state index contributed by atoms with van der Waals surface area (Å²) in [6.07, 6.45) is -4.31. The van der Waals surface area contributed by atoms with E-state index in [0.29, 0.717) is 0 Å². The molecule has 2 rings (SSSR count). The van der Waals surface area contributed by atoms with E-state index in [1.165, 1.54) is 4.90 Å². The molecule has 9 heteroatoms. The number of amides is 1. The number of nitrogens with zero attached hydrogens (tertiary/aromatic N) is 3. The van der Waals surface area contributed by atoms with E-state index in [1.807, 2.05) is 0 Å². The second kappa shape index (κ2) is 5.00. The Morgan fingerprint density at radius 3 is 2.39 bits per heavy atom. The number of halogens is 4. The van der Waals surface area contributed by atoms with Crippen LogP contribution in [0.5, 0.6) is 0 Å². The Morgan fingerprint density at radius 1 is 1.33 bits per heavy atom. The van der Waals surface area contributed by atoms with Crippen molar-refractivity contribution in [2.75, 3.05) is 13.1 Å². The second-order valence-corrected chi connectivity index (χ2v) is 5.53. The molecule has 0 aromatic carbocycles. The number of hydrogen-bond acceptors (Lipinski definition) is 4. The topological polar surface area (TPSA) is 46.1 Å². The number of alkyl halides is 3. The maximum atomic E-state index is 12.5. The van der Waals surface area contributed by atoms with Crippen molar-refractivity contribution >= 4 is 28.8 Å². The largest absolute Gasteiger partial charge is 0.391 e. The molecule has 1 amide bonds. The molecule has 18 heavy (non-hydrogen) atoms. The molecule has 0 unspecified atom stereocenters. The summed E-state index contributed by atoms with van der Waals surface area (Å²) in [5, 5.41) is 7.19. The minimum Gasteiger partial charge on any atom is -0.336 e. The summed E-state index contributed by atoms with van der Waals surface area (Å²) in [7, 11) is 0. The van der Waals surface area contributed by atoms with Gasteiger partial charge in [0.15, 0.2) is 0 Å². The van der Waals surface area contributed by atoms with E-state index < -0.39 is 18.0 Å². The average molecular weight is 300 g/mol. The molecule has 0 saturated carbocycles. The van der Waals surface area contributed by atoms with Gasteiger partial charge in [0, 0.05) is 13.1 Å². The lowest BCUT2D eigenvalue weighted by Crippen LogP contribution is -2.42. The van der Waals surface area contributed by atoms with Crippen LogP contribution < -0.4 is 0 Å². The van der Waals surface area contributed by atoms with E-state index in [-0.39, 0.29) is 35.4 Å². The van der Waals surface area contributed by atoms with Crippen molar-refractivity contribution in [1.29, 1.82) is 0 Å². The first kappa shape index (κ1) is 13.5. The van der Waals surface area contributed by atoms with Gasteiger partial charge in [0.25, 0.3) is 5.91 Å². The van der Waals surface area contributed by atoms with Crippen molar-refractivity contribution in [3.8, 4) is 0 Å². The van der Waals surface area contributed by atoms with Crippen LogP contribution in [0.1, 0.15) is 22.6 Å². The van der Waals surface area contributed by atoms with Crippen LogP contribution >= 0.6 is 22.9 Å². The Bertz CT molecular complexity index is 443. The van der Waals surface area contributed by atoms with Crippen molar-refractivity contribution in [3.05, 3.63) is 9.47 Å². The molecular weight excluding hydrogens is 291 g/mol. The van der Waals surface area contributed by atoms with Crippen LogP contribution in [-0.4, -0.2) is 40.3 Å². The summed E-state index contributed by atoms with van der Waals surface area (Å²) in [6, 6.07) is 0. The fraction of sp³-hybridized carbons (Fsp3) is 0.667. The zero-order chi connectivity index (χ0) is 13.3. The molecule has 1 aromatic rings. The highest BCUT2D eigenvalue weighted by Crippen LogP contribution is 2.34. The molecule has 1 aromatic heterocycles. The summed E-state index contributed by atoms with van der Waals surface area (Å²) in [4.78, 5) is 13.2. The first-order valence-electron chi connectivity index (χ1n) is 5.23. The molecule has 1 aliphatic heterocycles. The number of carbonyl (C=O) groups excluding carboxylic acids is 1. The van der Waals surface area contributed by atoms with Crippen LogP contribution in [0.3, 0.4) is 0 Å². The molecule has 0 aliphatic carbocycles. The summed E-state index contributed by atoms with van der Waals surface area (Å²) in [5.41, 5.74) is 0. The van der Waals surface area contributed by atoms with Gasteiger partial charge < -0.3 is 4.90 Å². The highest BCUT2D eigenvalue weighted by Gasteiger charge is 2.42. The van der Waals surface area contributed by atoms with Crippen LogP contribution in [0.15, 0.2) is 0 Å². The van der Waals surface area contributed by atoms with Gasteiger partial charge in [0.1, 0.15) is 0 Å². The summed E-state index contributed by atoms with van der Waals surface area (Å²) in [5.74, 6) is -1.72. The summed E-state index contributed by atoms with van der Waals surface area (Å²) < 4.78 is 37.5. The Balaban J connectivity index is 1.96. The number of piperidine rings is 1. The molecular formula is C9H9ClF3N3OS. The molecule has 0 spiro atoms. The van der Waals surface area contributed by atoms with E-state index in [9.17, 15) is 18.0 Å². The predicted molar refractivity (Wildman–Crippen MR) is 59.6 cm³/mol. The third kappa shape index (κ3) is 2.92. The molecule has 2 heterocycles. The molecule has 1 fully saturated rings. The van der Waals surface area contributed by atoms with E-state index in [2.05, 4.69) is 10.2 Å². The SMILES string of the molecule is O=C(c1nnc(Cl)s1)N1CCC(C(F)(F)F)CC1. The predicted octanol–water partition coefficient (Wildman–Crippen LogP) is 2.61. The zero-order valence-electron chi connectivity index (χ0n) is 9.08.